The lowest BCUT2D eigenvalue weighted by Gasteiger charge is -2.34. The molecule has 0 spiro atoms. The average Bonchev–Trinajstić information content (AvgIpc) is 2.83. The molecule has 2 atom stereocenters. The van der Waals surface area contributed by atoms with Crippen LogP contribution in [0, 0.1) is 0 Å². The Hall–Kier alpha value is -1.55. The SMILES string of the molecule is CC1OCCC1N(C)C(=O)C(C)(C)c1ccc(N)cc1. The second-order valence-corrected chi connectivity index (χ2v) is 6.09. The Balaban J connectivity index is 2.19. The molecule has 1 fully saturated rings. The topological polar surface area (TPSA) is 55.6 Å². The Bertz CT molecular complexity index is 482. The largest absolute Gasteiger partial charge is 0.399 e. The van der Waals surface area contributed by atoms with Crippen LogP contribution < -0.4 is 5.73 Å². The Labute approximate surface area is 120 Å². The van der Waals surface area contributed by atoms with E-state index in [1.165, 1.54) is 0 Å². The lowest BCUT2D eigenvalue weighted by Crippen LogP contribution is -2.48. The van der Waals surface area contributed by atoms with Crippen molar-refractivity contribution in [2.75, 3.05) is 19.4 Å². The number of carbonyl (C=O) groups is 1. The summed E-state index contributed by atoms with van der Waals surface area (Å²) in [6.07, 6.45) is 1.01. The summed E-state index contributed by atoms with van der Waals surface area (Å²) in [7, 11) is 1.87. The smallest absolute Gasteiger partial charge is 0.232 e. The van der Waals surface area contributed by atoms with Gasteiger partial charge in [-0.25, -0.2) is 0 Å². The van der Waals surface area contributed by atoms with Crippen molar-refractivity contribution in [2.24, 2.45) is 0 Å². The molecule has 4 heteroatoms. The molecule has 4 nitrogen and oxygen atoms in total. The third-order valence-electron chi connectivity index (χ3n) is 4.32. The molecule has 2 unspecified atom stereocenters. The van der Waals surface area contributed by atoms with E-state index in [1.807, 2.05) is 57.0 Å². The fourth-order valence-electron chi connectivity index (χ4n) is 2.84. The van der Waals surface area contributed by atoms with Gasteiger partial charge in [0, 0.05) is 19.3 Å². The van der Waals surface area contributed by atoms with Crippen molar-refractivity contribution in [3.05, 3.63) is 29.8 Å². The van der Waals surface area contributed by atoms with Gasteiger partial charge in [0.25, 0.3) is 0 Å². The molecule has 0 saturated carbocycles. The second kappa shape index (κ2) is 5.44. The number of rotatable bonds is 3. The van der Waals surface area contributed by atoms with Crippen LogP contribution in [0.1, 0.15) is 32.8 Å². The molecule has 0 radical (unpaired) electrons. The fraction of sp³-hybridized carbons (Fsp3) is 0.562. The Morgan fingerprint density at radius 3 is 2.45 bits per heavy atom. The van der Waals surface area contributed by atoms with Gasteiger partial charge in [-0.3, -0.25) is 4.79 Å². The summed E-state index contributed by atoms with van der Waals surface area (Å²) in [6, 6.07) is 7.69. The van der Waals surface area contributed by atoms with E-state index in [-0.39, 0.29) is 18.1 Å². The predicted octanol–water partition coefficient (Wildman–Crippen LogP) is 2.18. The van der Waals surface area contributed by atoms with Gasteiger partial charge in [0.15, 0.2) is 0 Å². The number of nitrogens with zero attached hydrogens (tertiary/aromatic N) is 1. The first-order chi connectivity index (χ1) is 9.34. The molecular formula is C16H24N2O2. The molecule has 110 valence electrons. The first-order valence-corrected chi connectivity index (χ1v) is 7.09. The highest BCUT2D eigenvalue weighted by molar-refractivity contribution is 5.87. The van der Waals surface area contributed by atoms with E-state index in [0.717, 1.165) is 18.6 Å². The number of nitrogens with two attached hydrogens (primary N) is 1. The summed E-state index contributed by atoms with van der Waals surface area (Å²) in [4.78, 5) is 14.7. The van der Waals surface area contributed by atoms with Crippen molar-refractivity contribution in [1.29, 1.82) is 0 Å². The summed E-state index contributed by atoms with van der Waals surface area (Å²) in [5.74, 6) is 0.115. The van der Waals surface area contributed by atoms with Crippen molar-refractivity contribution in [3.8, 4) is 0 Å². The number of ether oxygens (including phenoxy) is 1. The van der Waals surface area contributed by atoms with Gasteiger partial charge in [0.1, 0.15) is 0 Å². The zero-order valence-electron chi connectivity index (χ0n) is 12.7. The number of hydrogen-bond donors (Lipinski definition) is 1. The maximum Gasteiger partial charge on any atom is 0.232 e. The number of benzene rings is 1. The van der Waals surface area contributed by atoms with Crippen LogP contribution in [0.5, 0.6) is 0 Å². The minimum atomic E-state index is -0.565. The van der Waals surface area contributed by atoms with Crippen molar-refractivity contribution < 1.29 is 9.53 Å². The van der Waals surface area contributed by atoms with E-state index in [4.69, 9.17) is 10.5 Å². The van der Waals surface area contributed by atoms with Gasteiger partial charge in [-0.15, -0.1) is 0 Å². The first kappa shape index (κ1) is 14.9. The Kier molecular flexibility index (Phi) is 4.04. The Morgan fingerprint density at radius 1 is 1.35 bits per heavy atom. The van der Waals surface area contributed by atoms with E-state index in [0.29, 0.717) is 5.69 Å². The van der Waals surface area contributed by atoms with Crippen LogP contribution in [-0.2, 0) is 14.9 Å². The summed E-state index contributed by atoms with van der Waals surface area (Å²) >= 11 is 0. The third kappa shape index (κ3) is 2.66. The predicted molar refractivity (Wildman–Crippen MR) is 80.5 cm³/mol. The number of likely N-dealkylation sites (N-methyl/N-ethyl adjacent to an activating group) is 1. The quantitative estimate of drug-likeness (QED) is 0.861. The molecule has 20 heavy (non-hydrogen) atoms. The van der Waals surface area contributed by atoms with Gasteiger partial charge in [-0.05, 0) is 44.9 Å². The number of hydrogen-bond acceptors (Lipinski definition) is 3. The van der Waals surface area contributed by atoms with Gasteiger partial charge in [0.2, 0.25) is 5.91 Å². The van der Waals surface area contributed by atoms with Gasteiger partial charge < -0.3 is 15.4 Å². The maximum atomic E-state index is 12.8. The van der Waals surface area contributed by atoms with E-state index in [2.05, 4.69) is 0 Å². The van der Waals surface area contributed by atoms with E-state index >= 15 is 0 Å². The zero-order valence-corrected chi connectivity index (χ0v) is 12.7. The number of amides is 1. The average molecular weight is 276 g/mol. The normalized spacial score (nSPS) is 22.8. The molecule has 1 heterocycles. The van der Waals surface area contributed by atoms with Gasteiger partial charge in [-0.1, -0.05) is 12.1 Å². The molecular weight excluding hydrogens is 252 g/mol. The van der Waals surface area contributed by atoms with Crippen LogP contribution in [0.4, 0.5) is 5.69 Å². The summed E-state index contributed by atoms with van der Waals surface area (Å²) in [6.45, 7) is 6.67. The van der Waals surface area contributed by atoms with Crippen molar-refractivity contribution in [1.82, 2.24) is 4.90 Å². The molecule has 1 aromatic carbocycles. The van der Waals surface area contributed by atoms with Crippen LogP contribution in [0.3, 0.4) is 0 Å². The standard InChI is InChI=1S/C16H24N2O2/c1-11-14(9-10-20-11)18(4)15(19)16(2,3)12-5-7-13(17)8-6-12/h5-8,11,14H,9-10,17H2,1-4H3. The van der Waals surface area contributed by atoms with Crippen LogP contribution in [0.15, 0.2) is 24.3 Å². The van der Waals surface area contributed by atoms with E-state index < -0.39 is 5.41 Å². The molecule has 2 rings (SSSR count). The van der Waals surface area contributed by atoms with E-state index in [9.17, 15) is 4.79 Å². The Morgan fingerprint density at radius 2 is 1.95 bits per heavy atom. The molecule has 1 saturated heterocycles. The van der Waals surface area contributed by atoms with Crippen LogP contribution in [0.2, 0.25) is 0 Å². The monoisotopic (exact) mass is 276 g/mol. The molecule has 1 amide bonds. The molecule has 1 aromatic rings. The highest BCUT2D eigenvalue weighted by Gasteiger charge is 2.38. The molecule has 1 aliphatic heterocycles. The summed E-state index contributed by atoms with van der Waals surface area (Å²) in [5.41, 5.74) is 6.84. The minimum absolute atomic E-state index is 0.103. The lowest BCUT2D eigenvalue weighted by molar-refractivity contribution is -0.138. The summed E-state index contributed by atoms with van der Waals surface area (Å²) in [5, 5.41) is 0. The highest BCUT2D eigenvalue weighted by Crippen LogP contribution is 2.29. The highest BCUT2D eigenvalue weighted by atomic mass is 16.5. The van der Waals surface area contributed by atoms with Crippen molar-refractivity contribution >= 4 is 11.6 Å². The molecule has 0 bridgehead atoms. The van der Waals surface area contributed by atoms with E-state index in [1.54, 1.807) is 0 Å². The second-order valence-electron chi connectivity index (χ2n) is 6.09. The van der Waals surface area contributed by atoms with Crippen LogP contribution >= 0.6 is 0 Å². The van der Waals surface area contributed by atoms with Crippen LogP contribution in [-0.4, -0.2) is 36.6 Å². The molecule has 1 aliphatic rings. The van der Waals surface area contributed by atoms with Gasteiger partial charge in [-0.2, -0.15) is 0 Å². The number of carbonyl (C=O) groups excluding carboxylic acids is 1. The van der Waals surface area contributed by atoms with Crippen molar-refractivity contribution in [2.45, 2.75) is 44.8 Å². The lowest BCUT2D eigenvalue weighted by atomic mass is 9.82. The molecule has 0 aliphatic carbocycles. The first-order valence-electron chi connectivity index (χ1n) is 7.09. The number of nitrogen functional groups attached to an aromatic ring is 1. The van der Waals surface area contributed by atoms with Gasteiger partial charge in [0.05, 0.1) is 17.6 Å². The molecule has 2 N–H and O–H groups in total. The maximum absolute atomic E-state index is 12.8. The summed E-state index contributed by atoms with van der Waals surface area (Å²) < 4.78 is 5.56. The fourth-order valence-corrected chi connectivity index (χ4v) is 2.84. The minimum Gasteiger partial charge on any atom is -0.399 e. The zero-order chi connectivity index (χ0) is 14.9. The third-order valence-corrected chi connectivity index (χ3v) is 4.32. The number of anilines is 1. The molecule has 0 aromatic heterocycles. The van der Waals surface area contributed by atoms with Crippen LogP contribution in [0.25, 0.3) is 0 Å². The van der Waals surface area contributed by atoms with Gasteiger partial charge >= 0.3 is 0 Å². The van der Waals surface area contributed by atoms with Crippen molar-refractivity contribution in [3.63, 3.8) is 0 Å².